The fraction of sp³-hybridized carbons (Fsp3) is 0.615. The van der Waals surface area contributed by atoms with Crippen molar-refractivity contribution in [1.82, 2.24) is 10.3 Å². The second-order valence-electron chi connectivity index (χ2n) is 5.16. The fourth-order valence-electron chi connectivity index (χ4n) is 3.19. The van der Waals surface area contributed by atoms with E-state index < -0.39 is 0 Å². The van der Waals surface area contributed by atoms with Crippen LogP contribution < -0.4 is 5.32 Å². The van der Waals surface area contributed by atoms with E-state index in [9.17, 15) is 4.79 Å². The van der Waals surface area contributed by atoms with Crippen LogP contribution in [0.5, 0.6) is 0 Å². The zero-order chi connectivity index (χ0) is 11.3. The molecule has 86 valence electrons. The first-order valence-electron chi connectivity index (χ1n) is 6.11. The van der Waals surface area contributed by atoms with Gasteiger partial charge in [0.25, 0.3) is 0 Å². The summed E-state index contributed by atoms with van der Waals surface area (Å²) in [6.45, 7) is 6.04. The topological polar surface area (TPSA) is 44.9 Å². The summed E-state index contributed by atoms with van der Waals surface area (Å²) < 4.78 is 0. The molecule has 0 saturated carbocycles. The Balaban J connectivity index is 2.07. The number of ketones is 1. The van der Waals surface area contributed by atoms with E-state index in [0.29, 0.717) is 11.7 Å². The van der Waals surface area contributed by atoms with Crippen LogP contribution in [0.1, 0.15) is 33.7 Å². The molecule has 1 aliphatic heterocycles. The number of Topliss-reactive ketones (excluding diaryl/α,β-unsaturated/α-hetero) is 1. The van der Waals surface area contributed by atoms with E-state index in [4.69, 9.17) is 0 Å². The summed E-state index contributed by atoms with van der Waals surface area (Å²) >= 11 is 0. The molecule has 0 spiro atoms. The highest BCUT2D eigenvalue weighted by Gasteiger charge is 2.38. The van der Waals surface area contributed by atoms with Gasteiger partial charge in [-0.1, -0.05) is 0 Å². The van der Waals surface area contributed by atoms with Gasteiger partial charge in [0.2, 0.25) is 0 Å². The van der Waals surface area contributed by atoms with E-state index in [-0.39, 0.29) is 5.92 Å². The first kappa shape index (κ1) is 10.1. The van der Waals surface area contributed by atoms with Crippen LogP contribution >= 0.6 is 0 Å². The van der Waals surface area contributed by atoms with Gasteiger partial charge in [-0.15, -0.1) is 0 Å². The highest BCUT2D eigenvalue weighted by atomic mass is 16.1. The first-order chi connectivity index (χ1) is 7.68. The maximum Gasteiger partial charge on any atom is 0.169 e. The summed E-state index contributed by atoms with van der Waals surface area (Å²) in [5, 5.41) is 3.34. The number of hydrogen-bond donors (Lipinski definition) is 2. The van der Waals surface area contributed by atoms with Crippen LogP contribution in [0.2, 0.25) is 0 Å². The fourth-order valence-corrected chi connectivity index (χ4v) is 3.19. The maximum atomic E-state index is 12.4. The molecule has 1 aliphatic carbocycles. The van der Waals surface area contributed by atoms with Crippen LogP contribution in [-0.2, 0) is 6.42 Å². The molecule has 0 aromatic carbocycles. The predicted molar refractivity (Wildman–Crippen MR) is 62.8 cm³/mol. The summed E-state index contributed by atoms with van der Waals surface area (Å²) in [6, 6.07) is 0. The highest BCUT2D eigenvalue weighted by Crippen LogP contribution is 2.35. The lowest BCUT2D eigenvalue weighted by molar-refractivity contribution is 0.0817. The predicted octanol–water partition coefficient (Wildman–Crippen LogP) is 1.60. The van der Waals surface area contributed by atoms with Crippen molar-refractivity contribution >= 4 is 5.78 Å². The molecular formula is C13H18N2O. The quantitative estimate of drug-likeness (QED) is 0.694. The first-order valence-corrected chi connectivity index (χ1v) is 6.11. The van der Waals surface area contributed by atoms with Crippen molar-refractivity contribution in [3.63, 3.8) is 0 Å². The van der Waals surface area contributed by atoms with Gasteiger partial charge < -0.3 is 10.3 Å². The van der Waals surface area contributed by atoms with Crippen molar-refractivity contribution in [3.05, 3.63) is 22.5 Å². The number of aromatic nitrogens is 1. The summed E-state index contributed by atoms with van der Waals surface area (Å²) in [5.74, 6) is 1.13. The average Bonchev–Trinajstić information content (AvgIpc) is 2.55. The molecular weight excluding hydrogens is 200 g/mol. The Labute approximate surface area is 95.6 Å². The molecule has 16 heavy (non-hydrogen) atoms. The monoisotopic (exact) mass is 218 g/mol. The SMILES string of the molecule is Cc1[nH]c2c(c1C)C(=O)C1CNCCC1C2. The standard InChI is InChI=1S/C13H18N2O/c1-7-8(2)15-11-5-9-3-4-14-6-10(9)13(16)12(7)11/h9-10,14-15H,3-6H2,1-2H3. The average molecular weight is 218 g/mol. The molecule has 1 fully saturated rings. The van der Waals surface area contributed by atoms with Gasteiger partial charge in [-0.3, -0.25) is 4.79 Å². The Bertz CT molecular complexity index is 447. The van der Waals surface area contributed by atoms with Crippen LogP contribution in [0.15, 0.2) is 0 Å². The minimum Gasteiger partial charge on any atom is -0.362 e. The number of fused-ring (bicyclic) bond motifs is 2. The molecule has 3 rings (SSSR count). The van der Waals surface area contributed by atoms with Crippen LogP contribution in [0.4, 0.5) is 0 Å². The van der Waals surface area contributed by atoms with Gasteiger partial charge in [-0.05, 0) is 44.7 Å². The molecule has 1 saturated heterocycles. The molecule has 0 radical (unpaired) electrons. The van der Waals surface area contributed by atoms with E-state index in [0.717, 1.165) is 42.8 Å². The van der Waals surface area contributed by atoms with Gasteiger partial charge in [0.15, 0.2) is 5.78 Å². The van der Waals surface area contributed by atoms with E-state index in [1.165, 1.54) is 5.69 Å². The van der Waals surface area contributed by atoms with E-state index >= 15 is 0 Å². The molecule has 3 nitrogen and oxygen atoms in total. The van der Waals surface area contributed by atoms with Crippen LogP contribution in [0.3, 0.4) is 0 Å². The third-order valence-corrected chi connectivity index (χ3v) is 4.25. The Morgan fingerprint density at radius 1 is 1.31 bits per heavy atom. The summed E-state index contributed by atoms with van der Waals surface area (Å²) in [5.41, 5.74) is 4.49. The largest absolute Gasteiger partial charge is 0.362 e. The Kier molecular flexibility index (Phi) is 2.18. The van der Waals surface area contributed by atoms with Crippen LogP contribution in [0.25, 0.3) is 0 Å². The number of piperidine rings is 1. The minimum atomic E-state index is 0.218. The lowest BCUT2D eigenvalue weighted by atomic mass is 9.73. The van der Waals surface area contributed by atoms with E-state index in [2.05, 4.69) is 24.1 Å². The molecule has 0 amide bonds. The van der Waals surface area contributed by atoms with Gasteiger partial charge in [-0.2, -0.15) is 0 Å². The van der Waals surface area contributed by atoms with Crippen molar-refractivity contribution < 1.29 is 4.79 Å². The van der Waals surface area contributed by atoms with E-state index in [1.54, 1.807) is 0 Å². The molecule has 1 aromatic rings. The van der Waals surface area contributed by atoms with Gasteiger partial charge in [-0.25, -0.2) is 0 Å². The summed E-state index contributed by atoms with van der Waals surface area (Å²) in [7, 11) is 0. The molecule has 2 N–H and O–H groups in total. The molecule has 2 atom stereocenters. The number of carbonyl (C=O) groups is 1. The van der Waals surface area contributed by atoms with Gasteiger partial charge in [0.05, 0.1) is 0 Å². The normalized spacial score (nSPS) is 28.8. The van der Waals surface area contributed by atoms with Crippen LogP contribution in [-0.4, -0.2) is 23.9 Å². The molecule has 1 aromatic heterocycles. The Hall–Kier alpha value is -1.09. The van der Waals surface area contributed by atoms with Crippen LogP contribution in [0, 0.1) is 25.7 Å². The number of hydrogen-bond acceptors (Lipinski definition) is 2. The molecule has 2 unspecified atom stereocenters. The maximum absolute atomic E-state index is 12.4. The molecule has 2 aliphatic rings. The zero-order valence-corrected chi connectivity index (χ0v) is 9.89. The smallest absolute Gasteiger partial charge is 0.169 e. The Morgan fingerprint density at radius 3 is 2.94 bits per heavy atom. The van der Waals surface area contributed by atoms with Gasteiger partial charge in [0, 0.05) is 29.4 Å². The van der Waals surface area contributed by atoms with E-state index in [1.807, 2.05) is 0 Å². The summed E-state index contributed by atoms with van der Waals surface area (Å²) in [6.07, 6.45) is 2.19. The van der Waals surface area contributed by atoms with Crippen molar-refractivity contribution in [3.8, 4) is 0 Å². The minimum absolute atomic E-state index is 0.218. The second kappa shape index (κ2) is 3.45. The van der Waals surface area contributed by atoms with Gasteiger partial charge >= 0.3 is 0 Å². The van der Waals surface area contributed by atoms with Crippen molar-refractivity contribution in [2.75, 3.05) is 13.1 Å². The van der Waals surface area contributed by atoms with Crippen molar-refractivity contribution in [2.45, 2.75) is 26.7 Å². The number of nitrogens with one attached hydrogen (secondary N) is 2. The van der Waals surface area contributed by atoms with Crippen molar-refractivity contribution in [2.24, 2.45) is 11.8 Å². The Morgan fingerprint density at radius 2 is 2.12 bits per heavy atom. The zero-order valence-electron chi connectivity index (χ0n) is 9.89. The highest BCUT2D eigenvalue weighted by molar-refractivity contribution is 6.02. The number of aromatic amines is 1. The van der Waals surface area contributed by atoms with Gasteiger partial charge in [0.1, 0.15) is 0 Å². The molecule has 3 heteroatoms. The third kappa shape index (κ3) is 1.27. The third-order valence-electron chi connectivity index (χ3n) is 4.25. The summed E-state index contributed by atoms with van der Waals surface area (Å²) in [4.78, 5) is 15.8. The lowest BCUT2D eigenvalue weighted by Crippen LogP contribution is -2.44. The number of carbonyl (C=O) groups excluding carboxylic acids is 1. The number of aryl methyl sites for hydroxylation is 1. The lowest BCUT2D eigenvalue weighted by Gasteiger charge is -2.34. The number of rotatable bonds is 0. The second-order valence-corrected chi connectivity index (χ2v) is 5.16. The number of H-pyrrole nitrogens is 1. The van der Waals surface area contributed by atoms with Crippen molar-refractivity contribution in [1.29, 1.82) is 0 Å². The molecule has 0 bridgehead atoms. The molecule has 2 heterocycles.